The minimum Gasteiger partial charge on any atom is -0.318 e. The molecule has 0 bridgehead atoms. The van der Waals surface area contributed by atoms with Crippen molar-refractivity contribution in [1.82, 2.24) is 5.32 Å². The van der Waals surface area contributed by atoms with Crippen LogP contribution in [0.25, 0.3) is 0 Å². The molecule has 0 saturated carbocycles. The normalized spacial score (nSPS) is 13.4. The molecule has 1 unspecified atom stereocenters. The van der Waals surface area contributed by atoms with Gasteiger partial charge in [0.25, 0.3) is 0 Å². The van der Waals surface area contributed by atoms with E-state index in [-0.39, 0.29) is 0 Å². The number of nitrogens with one attached hydrogen (secondary N) is 2. The minimum absolute atomic E-state index is 0.388. The van der Waals surface area contributed by atoms with Crippen LogP contribution in [0, 0.1) is 6.92 Å². The molecule has 0 heterocycles. The van der Waals surface area contributed by atoms with E-state index in [2.05, 4.69) is 10.0 Å². The molecule has 0 saturated heterocycles. The fourth-order valence-corrected chi connectivity index (χ4v) is 2.65. The van der Waals surface area contributed by atoms with Crippen LogP contribution >= 0.6 is 11.6 Å². The van der Waals surface area contributed by atoms with Crippen LogP contribution < -0.4 is 10.0 Å². The van der Waals surface area contributed by atoms with Crippen LogP contribution in [-0.2, 0) is 10.0 Å². The first kappa shape index (κ1) is 14.3. The summed E-state index contributed by atoms with van der Waals surface area (Å²) >= 11 is 5.94. The average molecular weight is 277 g/mol. The van der Waals surface area contributed by atoms with Crippen molar-refractivity contribution in [3.05, 3.63) is 28.8 Å². The maximum Gasteiger partial charge on any atom is 0.236 e. The summed E-state index contributed by atoms with van der Waals surface area (Å²) in [6.07, 6.45) is 0. The summed E-state index contributed by atoms with van der Waals surface area (Å²) < 4.78 is 26.4. The SMILES string of the molecule is CNCC(C)S(=O)(=O)Nc1cc(C)ccc1Cl. The Labute approximate surface area is 107 Å². The number of hydrogen-bond acceptors (Lipinski definition) is 3. The van der Waals surface area contributed by atoms with Crippen LogP contribution in [0.5, 0.6) is 0 Å². The number of aryl methyl sites for hydroxylation is 1. The monoisotopic (exact) mass is 276 g/mol. The smallest absolute Gasteiger partial charge is 0.236 e. The van der Waals surface area contributed by atoms with Crippen molar-refractivity contribution in [2.75, 3.05) is 18.3 Å². The van der Waals surface area contributed by atoms with Crippen LogP contribution in [0.3, 0.4) is 0 Å². The third-order valence-electron chi connectivity index (χ3n) is 2.40. The fraction of sp³-hybridized carbons (Fsp3) is 0.455. The highest BCUT2D eigenvalue weighted by Gasteiger charge is 2.20. The molecule has 17 heavy (non-hydrogen) atoms. The first-order valence-electron chi connectivity index (χ1n) is 5.29. The van der Waals surface area contributed by atoms with Crippen molar-refractivity contribution in [3.8, 4) is 0 Å². The molecule has 1 rings (SSSR count). The second kappa shape index (κ2) is 5.71. The van der Waals surface area contributed by atoms with E-state index >= 15 is 0 Å². The summed E-state index contributed by atoms with van der Waals surface area (Å²) in [5.41, 5.74) is 1.38. The van der Waals surface area contributed by atoms with E-state index in [1.165, 1.54) is 0 Å². The van der Waals surface area contributed by atoms with Gasteiger partial charge < -0.3 is 5.32 Å². The quantitative estimate of drug-likeness (QED) is 0.865. The molecule has 96 valence electrons. The molecule has 1 atom stereocenters. The topological polar surface area (TPSA) is 58.2 Å². The Bertz CT molecular complexity index is 488. The van der Waals surface area contributed by atoms with Crippen LogP contribution in [-0.4, -0.2) is 27.3 Å². The molecule has 6 heteroatoms. The van der Waals surface area contributed by atoms with Crippen molar-refractivity contribution in [1.29, 1.82) is 0 Å². The molecule has 4 nitrogen and oxygen atoms in total. The highest BCUT2D eigenvalue weighted by molar-refractivity contribution is 7.93. The maximum absolute atomic E-state index is 11.9. The summed E-state index contributed by atoms with van der Waals surface area (Å²) in [4.78, 5) is 0. The van der Waals surface area contributed by atoms with Gasteiger partial charge in [-0.05, 0) is 38.6 Å². The van der Waals surface area contributed by atoms with E-state index in [1.807, 2.05) is 13.0 Å². The van der Waals surface area contributed by atoms with Crippen LogP contribution in [0.2, 0.25) is 5.02 Å². The first-order chi connectivity index (χ1) is 7.86. The molecule has 0 aliphatic rings. The Kier molecular flexibility index (Phi) is 4.80. The number of sulfonamides is 1. The van der Waals surface area contributed by atoms with Crippen molar-refractivity contribution in [3.63, 3.8) is 0 Å². The van der Waals surface area contributed by atoms with Crippen LogP contribution in [0.1, 0.15) is 12.5 Å². The Balaban J connectivity index is 2.94. The number of hydrogen-bond donors (Lipinski definition) is 2. The zero-order valence-corrected chi connectivity index (χ0v) is 11.7. The van der Waals surface area contributed by atoms with Gasteiger partial charge in [-0.2, -0.15) is 0 Å². The summed E-state index contributed by atoms with van der Waals surface area (Å²) in [5, 5.41) is 2.71. The van der Waals surface area contributed by atoms with E-state index in [1.54, 1.807) is 26.1 Å². The molecule has 0 aliphatic carbocycles. The van der Waals surface area contributed by atoms with Gasteiger partial charge in [-0.1, -0.05) is 17.7 Å². The van der Waals surface area contributed by atoms with Gasteiger partial charge in [0.05, 0.1) is 16.0 Å². The lowest BCUT2D eigenvalue weighted by Gasteiger charge is -2.15. The van der Waals surface area contributed by atoms with E-state index in [0.717, 1.165) is 5.56 Å². The lowest BCUT2D eigenvalue weighted by Crippen LogP contribution is -2.33. The number of anilines is 1. The van der Waals surface area contributed by atoms with Gasteiger partial charge in [-0.3, -0.25) is 4.72 Å². The number of rotatable bonds is 5. The Morgan fingerprint density at radius 1 is 1.41 bits per heavy atom. The van der Waals surface area contributed by atoms with Crippen molar-refractivity contribution in [2.24, 2.45) is 0 Å². The molecule has 1 aromatic carbocycles. The Morgan fingerprint density at radius 2 is 2.06 bits per heavy atom. The Hall–Kier alpha value is -0.780. The molecule has 0 fully saturated rings. The zero-order valence-electron chi connectivity index (χ0n) is 10.1. The highest BCUT2D eigenvalue weighted by Crippen LogP contribution is 2.24. The van der Waals surface area contributed by atoms with Crippen molar-refractivity contribution >= 4 is 27.3 Å². The molecule has 0 radical (unpaired) electrons. The van der Waals surface area contributed by atoms with Gasteiger partial charge in [0.2, 0.25) is 10.0 Å². The molecule has 0 aromatic heterocycles. The second-order valence-electron chi connectivity index (χ2n) is 4.00. The number of benzene rings is 1. The summed E-state index contributed by atoms with van der Waals surface area (Å²) in [6.45, 7) is 3.91. The largest absolute Gasteiger partial charge is 0.318 e. The van der Waals surface area contributed by atoms with Gasteiger partial charge in [-0.25, -0.2) is 8.42 Å². The molecular weight excluding hydrogens is 260 g/mol. The van der Waals surface area contributed by atoms with Crippen LogP contribution in [0.15, 0.2) is 18.2 Å². The predicted molar refractivity (Wildman–Crippen MR) is 72.1 cm³/mol. The van der Waals surface area contributed by atoms with E-state index in [4.69, 9.17) is 11.6 Å². The molecule has 0 amide bonds. The summed E-state index contributed by atoms with van der Waals surface area (Å²) in [6, 6.07) is 5.22. The third kappa shape index (κ3) is 3.87. The lowest BCUT2D eigenvalue weighted by atomic mass is 10.2. The first-order valence-corrected chi connectivity index (χ1v) is 7.21. The molecule has 0 spiro atoms. The van der Waals surface area contributed by atoms with Gasteiger partial charge in [0.15, 0.2) is 0 Å². The van der Waals surface area contributed by atoms with E-state index < -0.39 is 15.3 Å². The second-order valence-corrected chi connectivity index (χ2v) is 6.50. The predicted octanol–water partition coefficient (Wildman–Crippen LogP) is 2.00. The fourth-order valence-electron chi connectivity index (χ4n) is 1.37. The van der Waals surface area contributed by atoms with Crippen molar-refractivity contribution in [2.45, 2.75) is 19.1 Å². The summed E-state index contributed by atoms with van der Waals surface area (Å²) in [5.74, 6) is 0. The standard InChI is InChI=1S/C11H17ClN2O2S/c1-8-4-5-10(12)11(6-8)14-17(15,16)9(2)7-13-3/h4-6,9,13-14H,7H2,1-3H3. The third-order valence-corrected chi connectivity index (χ3v) is 4.46. The van der Waals surface area contributed by atoms with Crippen molar-refractivity contribution < 1.29 is 8.42 Å². The van der Waals surface area contributed by atoms with Gasteiger partial charge in [-0.15, -0.1) is 0 Å². The van der Waals surface area contributed by atoms with Gasteiger partial charge in [0, 0.05) is 6.54 Å². The van der Waals surface area contributed by atoms with Crippen LogP contribution in [0.4, 0.5) is 5.69 Å². The van der Waals surface area contributed by atoms with Gasteiger partial charge in [0.1, 0.15) is 0 Å². The molecule has 1 aromatic rings. The highest BCUT2D eigenvalue weighted by atomic mass is 35.5. The molecule has 0 aliphatic heterocycles. The number of halogens is 1. The minimum atomic E-state index is -3.41. The maximum atomic E-state index is 11.9. The molecule has 2 N–H and O–H groups in total. The van der Waals surface area contributed by atoms with E-state index in [9.17, 15) is 8.42 Å². The Morgan fingerprint density at radius 3 is 2.65 bits per heavy atom. The van der Waals surface area contributed by atoms with E-state index in [0.29, 0.717) is 17.3 Å². The van der Waals surface area contributed by atoms with Gasteiger partial charge >= 0.3 is 0 Å². The average Bonchev–Trinajstić information content (AvgIpc) is 2.23. The lowest BCUT2D eigenvalue weighted by molar-refractivity contribution is 0.584. The molecular formula is C11H17ClN2O2S. The zero-order chi connectivity index (χ0) is 13.1. The summed E-state index contributed by atoms with van der Waals surface area (Å²) in [7, 11) is -1.70.